The Hall–Kier alpha value is -4.20. The monoisotopic (exact) mass is 448 g/mol. The first-order valence-corrected chi connectivity index (χ1v) is 10.2. The van der Waals surface area contributed by atoms with E-state index < -0.39 is 5.92 Å². The Bertz CT molecular complexity index is 1290. The van der Waals surface area contributed by atoms with E-state index >= 15 is 0 Å². The van der Waals surface area contributed by atoms with Crippen molar-refractivity contribution in [3.63, 3.8) is 0 Å². The number of esters is 1. The second-order valence-corrected chi connectivity index (χ2v) is 7.49. The van der Waals surface area contributed by atoms with E-state index in [1.165, 1.54) is 21.3 Å². The molecule has 168 valence electrons. The van der Waals surface area contributed by atoms with Crippen molar-refractivity contribution in [2.24, 2.45) is 0 Å². The third kappa shape index (κ3) is 3.40. The maximum Gasteiger partial charge on any atom is 0.312 e. The summed E-state index contributed by atoms with van der Waals surface area (Å²) in [7, 11) is 4.58. The summed E-state index contributed by atoms with van der Waals surface area (Å²) in [5, 5.41) is 0. The number of methoxy groups -OCH3 is 3. The van der Waals surface area contributed by atoms with E-state index in [4.69, 9.17) is 28.1 Å². The summed E-state index contributed by atoms with van der Waals surface area (Å²) in [5.74, 6) is 1.78. The first kappa shape index (κ1) is 20.7. The van der Waals surface area contributed by atoms with Gasteiger partial charge in [-0.2, -0.15) is 0 Å². The smallest absolute Gasteiger partial charge is 0.312 e. The number of benzene rings is 2. The van der Waals surface area contributed by atoms with E-state index in [2.05, 4.69) is 0 Å². The van der Waals surface area contributed by atoms with Crippen molar-refractivity contribution in [3.8, 4) is 28.7 Å². The van der Waals surface area contributed by atoms with Crippen molar-refractivity contribution in [1.82, 2.24) is 0 Å². The van der Waals surface area contributed by atoms with Crippen LogP contribution in [0.2, 0.25) is 0 Å². The van der Waals surface area contributed by atoms with E-state index in [0.717, 1.165) is 0 Å². The van der Waals surface area contributed by atoms with Crippen molar-refractivity contribution in [2.75, 3.05) is 21.3 Å². The molecule has 0 spiro atoms. The average molecular weight is 448 g/mol. The van der Waals surface area contributed by atoms with E-state index in [-0.39, 0.29) is 23.9 Å². The molecule has 1 aromatic heterocycles. The lowest BCUT2D eigenvalue weighted by Gasteiger charge is -2.24. The van der Waals surface area contributed by atoms with Crippen LogP contribution in [0.5, 0.6) is 28.7 Å². The Balaban J connectivity index is 1.60. The maximum absolute atomic E-state index is 13.2. The van der Waals surface area contributed by atoms with Crippen molar-refractivity contribution in [1.29, 1.82) is 0 Å². The first-order valence-electron chi connectivity index (χ1n) is 10.2. The molecule has 3 heterocycles. The van der Waals surface area contributed by atoms with Gasteiger partial charge < -0.3 is 28.1 Å². The zero-order valence-electron chi connectivity index (χ0n) is 18.2. The molecular formula is C25H20O8. The van der Waals surface area contributed by atoms with Gasteiger partial charge in [-0.3, -0.25) is 9.59 Å². The molecular weight excluding hydrogens is 428 g/mol. The molecule has 2 aromatic carbocycles. The fraction of sp³-hybridized carbons (Fsp3) is 0.200. The Morgan fingerprint density at radius 1 is 0.939 bits per heavy atom. The number of hydrogen-bond donors (Lipinski definition) is 0. The molecule has 1 atom stereocenters. The Morgan fingerprint density at radius 3 is 2.39 bits per heavy atom. The topological polar surface area (TPSA) is 93.4 Å². The molecule has 3 aromatic rings. The zero-order valence-corrected chi connectivity index (χ0v) is 18.2. The highest BCUT2D eigenvalue weighted by Gasteiger charge is 2.39. The van der Waals surface area contributed by atoms with Crippen molar-refractivity contribution in [3.05, 3.63) is 70.9 Å². The van der Waals surface area contributed by atoms with E-state index in [1.54, 1.807) is 48.7 Å². The third-order valence-corrected chi connectivity index (χ3v) is 5.69. The van der Waals surface area contributed by atoms with Gasteiger partial charge in [0.1, 0.15) is 23.0 Å². The normalized spacial score (nSPS) is 17.8. The lowest BCUT2D eigenvalue weighted by Crippen LogP contribution is -2.21. The summed E-state index contributed by atoms with van der Waals surface area (Å²) in [5.41, 5.74) is 1.57. The standard InChI is InChI=1S/C25H20O8/c1-28-18-12-20(30-3)19(29-2)9-13(18)10-21-24(27)14-6-7-17-23(25(14)33-21)15(11-22(26)32-17)16-5-4-8-31-16/h4-10,12,15H,11H2,1-3H3/b21-10-. The molecule has 0 aliphatic carbocycles. The predicted molar refractivity (Wildman–Crippen MR) is 116 cm³/mol. The zero-order chi connectivity index (χ0) is 23.1. The van der Waals surface area contributed by atoms with Gasteiger partial charge in [0.2, 0.25) is 5.78 Å². The summed E-state index contributed by atoms with van der Waals surface area (Å²) in [4.78, 5) is 25.4. The van der Waals surface area contributed by atoms with Crippen LogP contribution in [0, 0.1) is 0 Å². The lowest BCUT2D eigenvalue weighted by atomic mass is 9.88. The highest BCUT2D eigenvalue weighted by atomic mass is 16.5. The van der Waals surface area contributed by atoms with Gasteiger partial charge in [0, 0.05) is 17.2 Å². The van der Waals surface area contributed by atoms with Crippen LogP contribution in [-0.2, 0) is 4.79 Å². The molecule has 1 unspecified atom stereocenters. The molecule has 0 amide bonds. The van der Waals surface area contributed by atoms with Gasteiger partial charge >= 0.3 is 5.97 Å². The van der Waals surface area contributed by atoms with Crippen molar-refractivity contribution >= 4 is 17.8 Å². The summed E-state index contributed by atoms with van der Waals surface area (Å²) in [6.07, 6.45) is 3.21. The van der Waals surface area contributed by atoms with Gasteiger partial charge in [-0.15, -0.1) is 0 Å². The van der Waals surface area contributed by atoms with Crippen LogP contribution in [-0.4, -0.2) is 33.1 Å². The fourth-order valence-corrected chi connectivity index (χ4v) is 4.15. The maximum atomic E-state index is 13.2. The number of fused-ring (bicyclic) bond motifs is 3. The van der Waals surface area contributed by atoms with E-state index in [0.29, 0.717) is 51.2 Å². The quantitative estimate of drug-likeness (QED) is 0.323. The second kappa shape index (κ2) is 8.05. The molecule has 0 saturated heterocycles. The molecule has 0 saturated carbocycles. The number of rotatable bonds is 5. The Labute approximate surface area is 189 Å². The van der Waals surface area contributed by atoms with Crippen LogP contribution in [0.15, 0.2) is 52.8 Å². The average Bonchev–Trinajstić information content (AvgIpc) is 3.47. The number of carbonyl (C=O) groups excluding carboxylic acids is 2. The summed E-state index contributed by atoms with van der Waals surface area (Å²) >= 11 is 0. The second-order valence-electron chi connectivity index (χ2n) is 7.49. The number of carbonyl (C=O) groups is 2. The predicted octanol–water partition coefficient (Wildman–Crippen LogP) is 4.36. The van der Waals surface area contributed by atoms with Gasteiger partial charge in [-0.25, -0.2) is 0 Å². The molecule has 2 aliphatic rings. The van der Waals surface area contributed by atoms with Gasteiger partial charge in [0.05, 0.1) is 45.5 Å². The lowest BCUT2D eigenvalue weighted by molar-refractivity contribution is -0.135. The number of ether oxygens (including phenoxy) is 5. The summed E-state index contributed by atoms with van der Waals surface area (Å²) < 4.78 is 33.2. The van der Waals surface area contributed by atoms with Gasteiger partial charge in [0.15, 0.2) is 17.3 Å². The van der Waals surface area contributed by atoms with Crippen LogP contribution in [0.1, 0.15) is 39.6 Å². The summed E-state index contributed by atoms with van der Waals surface area (Å²) in [6, 6.07) is 10.1. The number of hydrogen-bond acceptors (Lipinski definition) is 8. The minimum absolute atomic E-state index is 0.0804. The molecule has 2 aliphatic heterocycles. The summed E-state index contributed by atoms with van der Waals surface area (Å²) in [6.45, 7) is 0. The molecule has 8 heteroatoms. The van der Waals surface area contributed by atoms with Crippen LogP contribution in [0.25, 0.3) is 6.08 Å². The highest BCUT2D eigenvalue weighted by molar-refractivity contribution is 6.15. The first-order chi connectivity index (χ1) is 16.0. The van der Waals surface area contributed by atoms with Crippen molar-refractivity contribution < 1.29 is 37.7 Å². The van der Waals surface area contributed by atoms with Crippen LogP contribution >= 0.6 is 0 Å². The number of furan rings is 1. The Kier molecular flexibility index (Phi) is 5.05. The van der Waals surface area contributed by atoms with Gasteiger partial charge in [0.25, 0.3) is 0 Å². The molecule has 0 bridgehead atoms. The number of Topliss-reactive ketones (excluding diaryl/α,β-unsaturated/α-hetero) is 1. The number of ketones is 1. The molecule has 0 N–H and O–H groups in total. The highest BCUT2D eigenvalue weighted by Crippen LogP contribution is 2.49. The number of allylic oxidation sites excluding steroid dienone is 1. The van der Waals surface area contributed by atoms with Gasteiger partial charge in [-0.1, -0.05) is 0 Å². The Morgan fingerprint density at radius 2 is 1.70 bits per heavy atom. The molecule has 33 heavy (non-hydrogen) atoms. The minimum atomic E-state index is -0.422. The molecule has 0 fully saturated rings. The molecule has 0 radical (unpaired) electrons. The van der Waals surface area contributed by atoms with Crippen LogP contribution in [0.4, 0.5) is 0 Å². The van der Waals surface area contributed by atoms with E-state index in [1.807, 2.05) is 0 Å². The van der Waals surface area contributed by atoms with E-state index in [9.17, 15) is 9.59 Å². The van der Waals surface area contributed by atoms with Gasteiger partial charge in [-0.05, 0) is 36.4 Å². The van der Waals surface area contributed by atoms with Crippen LogP contribution < -0.4 is 23.7 Å². The third-order valence-electron chi connectivity index (χ3n) is 5.69. The largest absolute Gasteiger partial charge is 0.496 e. The van der Waals surface area contributed by atoms with Crippen LogP contribution in [0.3, 0.4) is 0 Å². The fourth-order valence-electron chi connectivity index (χ4n) is 4.15. The molecule has 5 rings (SSSR count). The molecule has 8 nitrogen and oxygen atoms in total. The van der Waals surface area contributed by atoms with Crippen molar-refractivity contribution in [2.45, 2.75) is 12.3 Å². The SMILES string of the molecule is COc1cc(OC)c(OC)cc1/C=C1\Oc2c(ccc3c2C(c2ccco2)CC(=O)O3)C1=O. The minimum Gasteiger partial charge on any atom is -0.496 e.